The average molecular weight is 265 g/mol. The van der Waals surface area contributed by atoms with E-state index < -0.39 is 14.6 Å². The molecule has 0 amide bonds. The fraction of sp³-hybridized carbons (Fsp3) is 1.00. The highest BCUT2D eigenvalue weighted by Gasteiger charge is 2.32. The van der Waals surface area contributed by atoms with Crippen LogP contribution in [-0.4, -0.2) is 43.5 Å². The van der Waals surface area contributed by atoms with Crippen LogP contribution in [0.25, 0.3) is 0 Å². The monoisotopic (exact) mass is 265 g/mol. The zero-order valence-electron chi connectivity index (χ0n) is 10.6. The Kier molecular flexibility index (Phi) is 4.72. The molecule has 16 heavy (non-hydrogen) atoms. The number of sulfone groups is 1. The van der Waals surface area contributed by atoms with Gasteiger partial charge in [0, 0.05) is 11.8 Å². The Bertz CT molecular complexity index is 319. The minimum atomic E-state index is -2.95. The number of thioether (sulfide) groups is 1. The minimum Gasteiger partial charge on any atom is -0.316 e. The maximum atomic E-state index is 12.0. The maximum Gasteiger partial charge on any atom is 0.155 e. The van der Waals surface area contributed by atoms with Crippen molar-refractivity contribution in [2.75, 3.05) is 24.3 Å². The molecule has 0 aromatic rings. The molecule has 0 spiro atoms. The molecule has 1 rings (SSSR count). The van der Waals surface area contributed by atoms with Gasteiger partial charge >= 0.3 is 0 Å². The molecule has 1 heterocycles. The molecular formula is C11H23NO2S2. The predicted octanol–water partition coefficient (Wildman–Crippen LogP) is 1.54. The summed E-state index contributed by atoms with van der Waals surface area (Å²) in [5.74, 6) is 3.02. The van der Waals surface area contributed by atoms with Gasteiger partial charge in [0.25, 0.3) is 0 Å². The molecule has 2 atom stereocenters. The second kappa shape index (κ2) is 5.27. The first-order valence-corrected chi connectivity index (χ1v) is 8.56. The zero-order valence-corrected chi connectivity index (χ0v) is 12.2. The standard InChI is InChI=1S/C11H23NO2S2/c1-11(2,3)16(13,14)6-5-9-7-15-8-10(9)12-4/h9-10,12H,5-8H2,1-4H3. The van der Waals surface area contributed by atoms with E-state index in [1.807, 2.05) is 18.8 Å². The molecule has 1 N–H and O–H groups in total. The van der Waals surface area contributed by atoms with E-state index in [2.05, 4.69) is 5.32 Å². The molecule has 0 aliphatic carbocycles. The van der Waals surface area contributed by atoms with Gasteiger partial charge in [-0.05, 0) is 45.9 Å². The predicted molar refractivity (Wildman–Crippen MR) is 71.8 cm³/mol. The summed E-state index contributed by atoms with van der Waals surface area (Å²) in [7, 11) is -0.994. The maximum absolute atomic E-state index is 12.0. The third-order valence-corrected chi connectivity index (χ3v) is 7.16. The first-order chi connectivity index (χ1) is 7.28. The number of hydrogen-bond donors (Lipinski definition) is 1. The molecule has 5 heteroatoms. The lowest BCUT2D eigenvalue weighted by atomic mass is 10.0. The van der Waals surface area contributed by atoms with Gasteiger partial charge in [0.05, 0.1) is 10.5 Å². The van der Waals surface area contributed by atoms with Crippen molar-refractivity contribution in [3.05, 3.63) is 0 Å². The van der Waals surface area contributed by atoms with Crippen LogP contribution in [-0.2, 0) is 9.84 Å². The molecule has 0 aromatic carbocycles. The number of nitrogens with one attached hydrogen (secondary N) is 1. The van der Waals surface area contributed by atoms with E-state index in [9.17, 15) is 8.42 Å². The van der Waals surface area contributed by atoms with Gasteiger partial charge in [-0.1, -0.05) is 0 Å². The lowest BCUT2D eigenvalue weighted by Crippen LogP contribution is -2.36. The first-order valence-electron chi connectivity index (χ1n) is 5.75. The molecule has 96 valence electrons. The molecule has 1 saturated heterocycles. The third-order valence-electron chi connectivity index (χ3n) is 3.26. The van der Waals surface area contributed by atoms with Crippen LogP contribution >= 0.6 is 11.8 Å². The molecule has 0 aromatic heterocycles. The Morgan fingerprint density at radius 2 is 1.94 bits per heavy atom. The van der Waals surface area contributed by atoms with E-state index in [0.717, 1.165) is 17.9 Å². The lowest BCUT2D eigenvalue weighted by Gasteiger charge is -2.22. The van der Waals surface area contributed by atoms with Crippen LogP contribution in [0.2, 0.25) is 0 Å². The summed E-state index contributed by atoms with van der Waals surface area (Å²) in [6.07, 6.45) is 0.790. The second-order valence-electron chi connectivity index (χ2n) is 5.41. The quantitative estimate of drug-likeness (QED) is 0.837. The van der Waals surface area contributed by atoms with Crippen molar-refractivity contribution in [3.8, 4) is 0 Å². The van der Waals surface area contributed by atoms with Crippen molar-refractivity contribution in [1.82, 2.24) is 5.32 Å². The molecule has 1 aliphatic heterocycles. The smallest absolute Gasteiger partial charge is 0.155 e. The molecule has 2 unspecified atom stereocenters. The van der Waals surface area contributed by atoms with Crippen LogP contribution in [0.15, 0.2) is 0 Å². The Morgan fingerprint density at radius 1 is 1.31 bits per heavy atom. The Balaban J connectivity index is 2.52. The summed E-state index contributed by atoms with van der Waals surface area (Å²) < 4.78 is 23.3. The van der Waals surface area contributed by atoms with E-state index in [1.54, 1.807) is 20.8 Å². The zero-order chi connectivity index (χ0) is 12.4. The molecule has 0 bridgehead atoms. The van der Waals surface area contributed by atoms with Crippen LogP contribution in [0.1, 0.15) is 27.2 Å². The van der Waals surface area contributed by atoms with E-state index in [4.69, 9.17) is 0 Å². The lowest BCUT2D eigenvalue weighted by molar-refractivity contribution is 0.441. The molecule has 1 fully saturated rings. The second-order valence-corrected chi connectivity index (χ2v) is 9.35. The van der Waals surface area contributed by atoms with Gasteiger partial charge in [0.2, 0.25) is 0 Å². The van der Waals surface area contributed by atoms with Crippen LogP contribution in [0.3, 0.4) is 0 Å². The number of hydrogen-bond acceptors (Lipinski definition) is 4. The van der Waals surface area contributed by atoms with E-state index in [1.165, 1.54) is 0 Å². The van der Waals surface area contributed by atoms with Crippen LogP contribution in [0.4, 0.5) is 0 Å². The molecular weight excluding hydrogens is 242 g/mol. The Hall–Kier alpha value is 0.260. The highest BCUT2D eigenvalue weighted by atomic mass is 32.2. The van der Waals surface area contributed by atoms with Gasteiger partial charge < -0.3 is 5.32 Å². The molecule has 0 radical (unpaired) electrons. The van der Waals surface area contributed by atoms with Gasteiger partial charge in [0.1, 0.15) is 0 Å². The summed E-state index contributed by atoms with van der Waals surface area (Å²) in [4.78, 5) is 0. The van der Waals surface area contributed by atoms with Crippen molar-refractivity contribution in [1.29, 1.82) is 0 Å². The van der Waals surface area contributed by atoms with Crippen molar-refractivity contribution in [2.24, 2.45) is 5.92 Å². The third kappa shape index (κ3) is 3.37. The summed E-state index contributed by atoms with van der Waals surface area (Å²) in [5, 5.41) is 3.27. The molecule has 1 aliphatic rings. The van der Waals surface area contributed by atoms with Crippen molar-refractivity contribution in [3.63, 3.8) is 0 Å². The Morgan fingerprint density at radius 3 is 2.44 bits per heavy atom. The van der Waals surface area contributed by atoms with Crippen molar-refractivity contribution < 1.29 is 8.42 Å². The highest BCUT2D eigenvalue weighted by Crippen LogP contribution is 2.28. The van der Waals surface area contributed by atoms with Gasteiger partial charge in [-0.2, -0.15) is 11.8 Å². The first kappa shape index (κ1) is 14.3. The molecule has 0 saturated carbocycles. The van der Waals surface area contributed by atoms with Gasteiger partial charge in [-0.25, -0.2) is 8.42 Å². The summed E-state index contributed by atoms with van der Waals surface area (Å²) >= 11 is 1.92. The van der Waals surface area contributed by atoms with E-state index in [-0.39, 0.29) is 0 Å². The largest absolute Gasteiger partial charge is 0.316 e. The van der Waals surface area contributed by atoms with Crippen LogP contribution in [0.5, 0.6) is 0 Å². The average Bonchev–Trinajstić information content (AvgIpc) is 2.60. The minimum absolute atomic E-state index is 0.319. The Labute approximate surface area is 104 Å². The van der Waals surface area contributed by atoms with Gasteiger partial charge in [-0.3, -0.25) is 0 Å². The van der Waals surface area contributed by atoms with E-state index in [0.29, 0.717) is 17.7 Å². The van der Waals surface area contributed by atoms with Crippen molar-refractivity contribution in [2.45, 2.75) is 38.0 Å². The normalized spacial score (nSPS) is 27.2. The van der Waals surface area contributed by atoms with E-state index >= 15 is 0 Å². The van der Waals surface area contributed by atoms with Crippen molar-refractivity contribution >= 4 is 21.6 Å². The van der Waals surface area contributed by atoms with Gasteiger partial charge in [-0.15, -0.1) is 0 Å². The topological polar surface area (TPSA) is 46.2 Å². The number of rotatable bonds is 4. The summed E-state index contributed by atoms with van der Waals surface area (Å²) in [5.41, 5.74) is 0. The molecule has 3 nitrogen and oxygen atoms in total. The van der Waals surface area contributed by atoms with Crippen LogP contribution in [0, 0.1) is 5.92 Å². The SMILES string of the molecule is CNC1CSCC1CCS(=O)(=O)C(C)(C)C. The fourth-order valence-corrected chi connectivity index (χ4v) is 4.57. The van der Waals surface area contributed by atoms with Crippen LogP contribution < -0.4 is 5.32 Å². The summed E-state index contributed by atoms with van der Waals surface area (Å²) in [6.45, 7) is 5.34. The fourth-order valence-electron chi connectivity index (χ4n) is 1.81. The highest BCUT2D eigenvalue weighted by molar-refractivity contribution is 7.99. The van der Waals surface area contributed by atoms with Gasteiger partial charge in [0.15, 0.2) is 9.84 Å². The summed E-state index contributed by atoms with van der Waals surface area (Å²) in [6, 6.07) is 0.486.